The SMILES string of the molecule is CC(C)CNc1cc(-c2ccc(N3CC[C@H](O)C3)nc2)ncn1. The summed E-state index contributed by atoms with van der Waals surface area (Å²) in [4.78, 5) is 15.2. The van der Waals surface area contributed by atoms with E-state index in [0.29, 0.717) is 12.5 Å². The van der Waals surface area contributed by atoms with Gasteiger partial charge in [-0.25, -0.2) is 15.0 Å². The fraction of sp³-hybridized carbons (Fsp3) is 0.471. The number of nitrogens with zero attached hydrogens (tertiary/aromatic N) is 4. The van der Waals surface area contributed by atoms with Gasteiger partial charge in [0.2, 0.25) is 0 Å². The molecule has 2 aromatic heterocycles. The van der Waals surface area contributed by atoms with Crippen LogP contribution in [0, 0.1) is 5.92 Å². The van der Waals surface area contributed by atoms with Crippen LogP contribution in [-0.4, -0.2) is 45.8 Å². The fourth-order valence-corrected chi connectivity index (χ4v) is 2.60. The summed E-state index contributed by atoms with van der Waals surface area (Å²) in [5.41, 5.74) is 1.82. The van der Waals surface area contributed by atoms with Crippen LogP contribution in [0.5, 0.6) is 0 Å². The fourth-order valence-electron chi connectivity index (χ4n) is 2.60. The minimum atomic E-state index is -0.243. The monoisotopic (exact) mass is 313 g/mol. The number of β-amino-alcohol motifs (C(OH)–C–C–N with tert-alkyl or cyclic N) is 1. The number of anilines is 2. The second kappa shape index (κ2) is 6.91. The van der Waals surface area contributed by atoms with E-state index in [0.717, 1.165) is 42.4 Å². The van der Waals surface area contributed by atoms with E-state index in [4.69, 9.17) is 0 Å². The molecule has 0 aliphatic carbocycles. The highest BCUT2D eigenvalue weighted by atomic mass is 16.3. The number of aromatic nitrogens is 3. The molecule has 1 atom stereocenters. The Labute approximate surface area is 136 Å². The Morgan fingerprint density at radius 2 is 2.17 bits per heavy atom. The van der Waals surface area contributed by atoms with Crippen molar-refractivity contribution < 1.29 is 5.11 Å². The zero-order valence-corrected chi connectivity index (χ0v) is 13.6. The van der Waals surface area contributed by atoms with E-state index in [9.17, 15) is 5.11 Å². The average Bonchev–Trinajstić information content (AvgIpc) is 3.00. The number of hydrogen-bond acceptors (Lipinski definition) is 6. The van der Waals surface area contributed by atoms with E-state index in [-0.39, 0.29) is 6.10 Å². The van der Waals surface area contributed by atoms with Gasteiger partial charge >= 0.3 is 0 Å². The standard InChI is InChI=1S/C17H23N5O/c1-12(2)8-18-16-7-15(20-11-21-16)13-3-4-17(19-9-13)22-6-5-14(23)10-22/h3-4,7,9,11-12,14,23H,5-6,8,10H2,1-2H3,(H,18,20,21)/t14-/m0/s1. The number of nitrogens with one attached hydrogen (secondary N) is 1. The second-order valence-electron chi connectivity index (χ2n) is 6.36. The van der Waals surface area contributed by atoms with Gasteiger partial charge in [-0.05, 0) is 24.5 Å². The quantitative estimate of drug-likeness (QED) is 0.881. The molecular formula is C17H23N5O. The molecule has 0 saturated carbocycles. The molecule has 1 aliphatic rings. The molecule has 0 aromatic carbocycles. The highest BCUT2D eigenvalue weighted by Crippen LogP contribution is 2.23. The molecule has 1 fully saturated rings. The molecule has 3 rings (SSSR count). The average molecular weight is 313 g/mol. The summed E-state index contributed by atoms with van der Waals surface area (Å²) in [6.07, 6.45) is 3.96. The van der Waals surface area contributed by atoms with Gasteiger partial charge in [0.1, 0.15) is 18.0 Å². The Morgan fingerprint density at radius 1 is 1.30 bits per heavy atom. The van der Waals surface area contributed by atoms with Crippen LogP contribution < -0.4 is 10.2 Å². The van der Waals surface area contributed by atoms with Crippen molar-refractivity contribution in [2.24, 2.45) is 5.92 Å². The van der Waals surface area contributed by atoms with E-state index in [1.54, 1.807) is 6.33 Å². The van der Waals surface area contributed by atoms with Crippen molar-refractivity contribution in [3.63, 3.8) is 0 Å². The van der Waals surface area contributed by atoms with Crippen LogP contribution in [-0.2, 0) is 0 Å². The van der Waals surface area contributed by atoms with Crippen LogP contribution >= 0.6 is 0 Å². The summed E-state index contributed by atoms with van der Waals surface area (Å²) in [5, 5.41) is 12.9. The molecule has 0 amide bonds. The first kappa shape index (κ1) is 15.7. The first-order valence-corrected chi connectivity index (χ1v) is 8.07. The Balaban J connectivity index is 1.73. The molecule has 0 unspecified atom stereocenters. The Bertz CT molecular complexity index is 644. The summed E-state index contributed by atoms with van der Waals surface area (Å²) in [6, 6.07) is 5.94. The Hall–Kier alpha value is -2.21. The summed E-state index contributed by atoms with van der Waals surface area (Å²) < 4.78 is 0. The van der Waals surface area contributed by atoms with Gasteiger partial charge in [0, 0.05) is 37.5 Å². The van der Waals surface area contributed by atoms with Gasteiger partial charge in [0.15, 0.2) is 0 Å². The normalized spacial score (nSPS) is 17.7. The molecule has 23 heavy (non-hydrogen) atoms. The predicted octanol–water partition coefficient (Wildman–Crippen LogP) is 2.18. The first-order valence-electron chi connectivity index (χ1n) is 8.07. The molecule has 0 radical (unpaired) electrons. The summed E-state index contributed by atoms with van der Waals surface area (Å²) in [5.74, 6) is 2.29. The summed E-state index contributed by atoms with van der Waals surface area (Å²) >= 11 is 0. The topological polar surface area (TPSA) is 74.2 Å². The number of pyridine rings is 1. The van der Waals surface area contributed by atoms with Crippen molar-refractivity contribution in [2.45, 2.75) is 26.4 Å². The van der Waals surface area contributed by atoms with Crippen LogP contribution in [0.2, 0.25) is 0 Å². The Kier molecular flexibility index (Phi) is 4.71. The van der Waals surface area contributed by atoms with Crippen molar-refractivity contribution >= 4 is 11.6 Å². The van der Waals surface area contributed by atoms with Crippen molar-refractivity contribution in [3.8, 4) is 11.3 Å². The van der Waals surface area contributed by atoms with Crippen molar-refractivity contribution in [3.05, 3.63) is 30.7 Å². The van der Waals surface area contributed by atoms with Crippen LogP contribution in [0.25, 0.3) is 11.3 Å². The van der Waals surface area contributed by atoms with E-state index in [1.807, 2.05) is 24.4 Å². The van der Waals surface area contributed by atoms with Gasteiger partial charge in [0.05, 0.1) is 11.8 Å². The molecule has 3 heterocycles. The molecule has 2 N–H and O–H groups in total. The second-order valence-corrected chi connectivity index (χ2v) is 6.36. The summed E-state index contributed by atoms with van der Waals surface area (Å²) in [7, 11) is 0. The molecular weight excluding hydrogens is 290 g/mol. The predicted molar refractivity (Wildman–Crippen MR) is 91.4 cm³/mol. The van der Waals surface area contributed by atoms with Crippen LogP contribution in [0.15, 0.2) is 30.7 Å². The molecule has 122 valence electrons. The van der Waals surface area contributed by atoms with Gasteiger partial charge in [-0.15, -0.1) is 0 Å². The molecule has 0 bridgehead atoms. The lowest BCUT2D eigenvalue weighted by atomic mass is 10.2. The zero-order valence-electron chi connectivity index (χ0n) is 13.6. The van der Waals surface area contributed by atoms with Gasteiger partial charge < -0.3 is 15.3 Å². The maximum absolute atomic E-state index is 9.62. The number of aliphatic hydroxyl groups is 1. The third-order valence-electron chi connectivity index (χ3n) is 3.89. The third-order valence-corrected chi connectivity index (χ3v) is 3.89. The van der Waals surface area contributed by atoms with Crippen molar-refractivity contribution in [1.29, 1.82) is 0 Å². The van der Waals surface area contributed by atoms with Gasteiger partial charge in [-0.2, -0.15) is 0 Å². The van der Waals surface area contributed by atoms with E-state index < -0.39 is 0 Å². The van der Waals surface area contributed by atoms with E-state index >= 15 is 0 Å². The molecule has 0 spiro atoms. The zero-order chi connectivity index (χ0) is 16.2. The van der Waals surface area contributed by atoms with Gasteiger partial charge in [-0.1, -0.05) is 13.8 Å². The van der Waals surface area contributed by atoms with E-state index in [1.165, 1.54) is 0 Å². The van der Waals surface area contributed by atoms with Crippen molar-refractivity contribution in [1.82, 2.24) is 15.0 Å². The third kappa shape index (κ3) is 3.96. The lowest BCUT2D eigenvalue weighted by Gasteiger charge is -2.16. The molecule has 6 nitrogen and oxygen atoms in total. The lowest BCUT2D eigenvalue weighted by molar-refractivity contribution is 0.198. The minimum absolute atomic E-state index is 0.243. The molecule has 1 aliphatic heterocycles. The highest BCUT2D eigenvalue weighted by molar-refractivity contribution is 5.62. The molecule has 6 heteroatoms. The van der Waals surface area contributed by atoms with E-state index in [2.05, 4.69) is 39.0 Å². The highest BCUT2D eigenvalue weighted by Gasteiger charge is 2.21. The molecule has 2 aromatic rings. The smallest absolute Gasteiger partial charge is 0.129 e. The first-order chi connectivity index (χ1) is 11.1. The Morgan fingerprint density at radius 3 is 2.83 bits per heavy atom. The number of hydrogen-bond donors (Lipinski definition) is 2. The summed E-state index contributed by atoms with van der Waals surface area (Å²) in [6.45, 7) is 6.71. The maximum atomic E-state index is 9.62. The maximum Gasteiger partial charge on any atom is 0.129 e. The lowest BCUT2D eigenvalue weighted by Crippen LogP contribution is -2.21. The minimum Gasteiger partial charge on any atom is -0.391 e. The van der Waals surface area contributed by atoms with Crippen molar-refractivity contribution in [2.75, 3.05) is 29.9 Å². The van der Waals surface area contributed by atoms with Crippen LogP contribution in [0.3, 0.4) is 0 Å². The molecule has 1 saturated heterocycles. The number of aliphatic hydroxyl groups excluding tert-OH is 1. The van der Waals surface area contributed by atoms with Crippen LogP contribution in [0.4, 0.5) is 11.6 Å². The van der Waals surface area contributed by atoms with Gasteiger partial charge in [0.25, 0.3) is 0 Å². The van der Waals surface area contributed by atoms with Crippen LogP contribution in [0.1, 0.15) is 20.3 Å². The number of rotatable bonds is 5. The largest absolute Gasteiger partial charge is 0.391 e. The van der Waals surface area contributed by atoms with Gasteiger partial charge in [-0.3, -0.25) is 0 Å².